The van der Waals surface area contributed by atoms with Crippen molar-refractivity contribution in [1.29, 1.82) is 0 Å². The van der Waals surface area contributed by atoms with Crippen molar-refractivity contribution in [2.75, 3.05) is 11.6 Å². The van der Waals surface area contributed by atoms with E-state index in [-0.39, 0.29) is 17.2 Å². The molecule has 2 heterocycles. The number of nitrogens with zero attached hydrogens (tertiary/aromatic N) is 3. The van der Waals surface area contributed by atoms with Gasteiger partial charge in [0.05, 0.1) is 0 Å². The highest BCUT2D eigenvalue weighted by molar-refractivity contribution is 7.98. The molecule has 0 amide bonds. The van der Waals surface area contributed by atoms with Gasteiger partial charge in [-0.3, -0.25) is 4.79 Å². The van der Waals surface area contributed by atoms with Crippen molar-refractivity contribution in [2.45, 2.75) is 44.8 Å². The van der Waals surface area contributed by atoms with Crippen LogP contribution in [0, 0.1) is 12.3 Å². The van der Waals surface area contributed by atoms with Crippen LogP contribution in [0.2, 0.25) is 0 Å². The number of thioether (sulfide) groups is 1. The number of aryl methyl sites for hydroxylation is 1. The van der Waals surface area contributed by atoms with E-state index in [9.17, 15) is 4.79 Å². The summed E-state index contributed by atoms with van der Waals surface area (Å²) in [5, 5.41) is 8.76. The molecule has 1 aliphatic heterocycles. The smallest absolute Gasteiger partial charge is 0.227 e. The predicted octanol–water partition coefficient (Wildman–Crippen LogP) is 3.97. The number of carbonyl (C=O) groups is 1. The second-order valence-electron chi connectivity index (χ2n) is 7.58. The summed E-state index contributed by atoms with van der Waals surface area (Å²) < 4.78 is 1.88. The zero-order valence-corrected chi connectivity index (χ0v) is 15.8. The number of ketones is 1. The Hall–Kier alpha value is -2.08. The fourth-order valence-corrected chi connectivity index (χ4v) is 4.20. The molecule has 1 aliphatic carbocycles. The lowest BCUT2D eigenvalue weighted by atomic mass is 9.73. The molecular formula is C19H22N4OS. The first-order valence-electron chi connectivity index (χ1n) is 8.49. The molecule has 0 unspecified atom stereocenters. The van der Waals surface area contributed by atoms with Gasteiger partial charge in [-0.2, -0.15) is 4.98 Å². The zero-order valence-electron chi connectivity index (χ0n) is 15.0. The number of anilines is 1. The van der Waals surface area contributed by atoms with Crippen LogP contribution in [0.5, 0.6) is 0 Å². The molecular weight excluding hydrogens is 332 g/mol. The third-order valence-corrected chi connectivity index (χ3v) is 5.52. The molecule has 4 rings (SSSR count). The van der Waals surface area contributed by atoms with Gasteiger partial charge in [0, 0.05) is 17.7 Å². The van der Waals surface area contributed by atoms with Crippen LogP contribution in [0.4, 0.5) is 5.95 Å². The average molecular weight is 354 g/mol. The second kappa shape index (κ2) is 5.73. The molecule has 0 radical (unpaired) electrons. The van der Waals surface area contributed by atoms with Crippen LogP contribution in [0.25, 0.3) is 0 Å². The third kappa shape index (κ3) is 2.68. The predicted molar refractivity (Wildman–Crippen MR) is 99.8 cm³/mol. The van der Waals surface area contributed by atoms with Crippen molar-refractivity contribution in [2.24, 2.45) is 5.41 Å². The number of hydrogen-bond donors (Lipinski definition) is 1. The highest BCUT2D eigenvalue weighted by Gasteiger charge is 2.42. The molecule has 0 fully saturated rings. The van der Waals surface area contributed by atoms with Crippen LogP contribution in [0.3, 0.4) is 0 Å². The molecule has 1 aromatic carbocycles. The average Bonchev–Trinajstić information content (AvgIpc) is 2.95. The molecule has 0 saturated heterocycles. The second-order valence-corrected chi connectivity index (χ2v) is 8.36. The Morgan fingerprint density at radius 1 is 1.28 bits per heavy atom. The van der Waals surface area contributed by atoms with Gasteiger partial charge in [-0.1, -0.05) is 49.9 Å². The largest absolute Gasteiger partial charge is 0.328 e. The van der Waals surface area contributed by atoms with Crippen molar-refractivity contribution in [3.63, 3.8) is 0 Å². The first kappa shape index (κ1) is 16.4. The lowest BCUT2D eigenvalue weighted by Crippen LogP contribution is -2.36. The Kier molecular flexibility index (Phi) is 3.76. The summed E-state index contributed by atoms with van der Waals surface area (Å²) in [7, 11) is 0. The van der Waals surface area contributed by atoms with E-state index in [1.54, 1.807) is 0 Å². The number of allylic oxidation sites excluding steroid dienone is 2. The number of Topliss-reactive ketones (excluding diaryl/α,β-unsaturated/α-hetero) is 1. The fourth-order valence-electron chi connectivity index (χ4n) is 3.86. The van der Waals surface area contributed by atoms with Gasteiger partial charge < -0.3 is 5.32 Å². The van der Waals surface area contributed by atoms with Gasteiger partial charge in [-0.15, -0.1) is 5.10 Å². The summed E-state index contributed by atoms with van der Waals surface area (Å²) in [5.41, 5.74) is 4.08. The molecule has 5 nitrogen and oxygen atoms in total. The molecule has 1 atom stereocenters. The number of aromatic nitrogens is 3. The van der Waals surface area contributed by atoms with Gasteiger partial charge in [0.15, 0.2) is 5.78 Å². The summed E-state index contributed by atoms with van der Waals surface area (Å²) in [5.74, 6) is 0.931. The van der Waals surface area contributed by atoms with Crippen LogP contribution in [-0.4, -0.2) is 26.8 Å². The summed E-state index contributed by atoms with van der Waals surface area (Å²) in [6.07, 6.45) is 3.37. The summed E-state index contributed by atoms with van der Waals surface area (Å²) in [6, 6.07) is 8.02. The van der Waals surface area contributed by atoms with Crippen LogP contribution in [0.1, 0.15) is 43.9 Å². The van der Waals surface area contributed by atoms with E-state index in [1.165, 1.54) is 11.8 Å². The Morgan fingerprint density at radius 2 is 2.04 bits per heavy atom. The van der Waals surface area contributed by atoms with Crippen LogP contribution < -0.4 is 5.32 Å². The van der Waals surface area contributed by atoms with Gasteiger partial charge in [0.2, 0.25) is 11.1 Å². The van der Waals surface area contributed by atoms with E-state index in [4.69, 9.17) is 0 Å². The molecule has 0 bridgehead atoms. The highest BCUT2D eigenvalue weighted by Crippen LogP contribution is 2.46. The molecule has 6 heteroatoms. The Morgan fingerprint density at radius 3 is 2.76 bits per heavy atom. The van der Waals surface area contributed by atoms with Gasteiger partial charge in [0.25, 0.3) is 0 Å². The number of rotatable bonds is 2. The molecule has 2 aromatic rings. The van der Waals surface area contributed by atoms with Crippen molar-refractivity contribution in [3.05, 3.63) is 46.7 Å². The summed E-state index contributed by atoms with van der Waals surface area (Å²) in [4.78, 5) is 17.7. The fraction of sp³-hybridized carbons (Fsp3) is 0.421. The maximum atomic E-state index is 13.1. The molecule has 0 spiro atoms. The minimum atomic E-state index is -0.204. The minimum absolute atomic E-state index is 0.0380. The van der Waals surface area contributed by atoms with Crippen molar-refractivity contribution in [1.82, 2.24) is 14.8 Å². The lowest BCUT2D eigenvalue weighted by Gasteiger charge is -2.38. The number of benzene rings is 1. The third-order valence-electron chi connectivity index (χ3n) is 4.98. The molecule has 130 valence electrons. The van der Waals surface area contributed by atoms with Crippen LogP contribution >= 0.6 is 11.8 Å². The van der Waals surface area contributed by atoms with E-state index in [1.807, 2.05) is 23.1 Å². The highest BCUT2D eigenvalue weighted by atomic mass is 32.2. The number of hydrogen-bond acceptors (Lipinski definition) is 5. The molecule has 25 heavy (non-hydrogen) atoms. The molecule has 1 aromatic heterocycles. The number of nitrogens with one attached hydrogen (secondary N) is 1. The minimum Gasteiger partial charge on any atom is -0.328 e. The van der Waals surface area contributed by atoms with E-state index in [0.717, 1.165) is 34.8 Å². The van der Waals surface area contributed by atoms with E-state index >= 15 is 0 Å². The monoisotopic (exact) mass is 354 g/mol. The Balaban J connectivity index is 1.94. The van der Waals surface area contributed by atoms with E-state index in [2.05, 4.69) is 48.3 Å². The van der Waals surface area contributed by atoms with Crippen LogP contribution in [0.15, 0.2) is 40.7 Å². The normalized spacial score (nSPS) is 21.6. The van der Waals surface area contributed by atoms with Gasteiger partial charge in [-0.05, 0) is 36.1 Å². The number of fused-ring (bicyclic) bond motifs is 1. The summed E-state index contributed by atoms with van der Waals surface area (Å²) in [6.45, 7) is 6.37. The van der Waals surface area contributed by atoms with E-state index < -0.39 is 0 Å². The van der Waals surface area contributed by atoms with Crippen LogP contribution in [-0.2, 0) is 4.79 Å². The maximum Gasteiger partial charge on any atom is 0.227 e. The zero-order chi connectivity index (χ0) is 17.8. The quantitative estimate of drug-likeness (QED) is 0.827. The topological polar surface area (TPSA) is 59.8 Å². The maximum absolute atomic E-state index is 13.1. The number of carbonyl (C=O) groups excluding carboxylic acids is 1. The lowest BCUT2D eigenvalue weighted by molar-refractivity contribution is -0.118. The molecule has 2 aliphatic rings. The standard InChI is InChI=1S/C19H22N4OS/c1-11-7-5-6-8-12(11)16-15-13(9-19(2,3)10-14(15)24)20-17-21-18(25-4)22-23(16)17/h5-8,16H,9-10H2,1-4H3,(H,20,21,22)/t16-/m1/s1. The summed E-state index contributed by atoms with van der Waals surface area (Å²) >= 11 is 1.51. The van der Waals surface area contributed by atoms with Gasteiger partial charge in [-0.25, -0.2) is 4.68 Å². The molecule has 0 saturated carbocycles. The Bertz CT molecular complexity index is 897. The first-order chi connectivity index (χ1) is 11.9. The van der Waals surface area contributed by atoms with Crippen molar-refractivity contribution >= 4 is 23.5 Å². The van der Waals surface area contributed by atoms with Gasteiger partial charge in [0.1, 0.15) is 6.04 Å². The first-order valence-corrected chi connectivity index (χ1v) is 9.71. The molecule has 1 N–H and O–H groups in total. The van der Waals surface area contributed by atoms with E-state index in [0.29, 0.717) is 11.6 Å². The van der Waals surface area contributed by atoms with Crippen molar-refractivity contribution in [3.8, 4) is 0 Å². The SMILES string of the molecule is CSc1nc2n(n1)[C@H](c1ccccc1C)C1=C(CC(C)(C)CC1=O)N2. The Labute approximate surface area is 151 Å². The van der Waals surface area contributed by atoms with Gasteiger partial charge >= 0.3 is 0 Å². The van der Waals surface area contributed by atoms with Crippen molar-refractivity contribution < 1.29 is 4.79 Å².